The molecule has 1 heterocycles. The molecule has 1 saturated carbocycles. The second-order valence-electron chi connectivity index (χ2n) is 10.5. The van der Waals surface area contributed by atoms with Crippen LogP contribution in [0.4, 0.5) is 51.1 Å². The number of halogens is 9. The van der Waals surface area contributed by atoms with Crippen molar-refractivity contribution in [2.45, 2.75) is 62.8 Å². The second kappa shape index (κ2) is 12.6. The Morgan fingerprint density at radius 3 is 2.27 bits per heavy atom. The van der Waals surface area contributed by atoms with Crippen LogP contribution in [-0.2, 0) is 17.5 Å². The number of H-pyrrole nitrogens is 1. The van der Waals surface area contributed by atoms with Gasteiger partial charge >= 0.3 is 18.5 Å². The first-order valence-corrected chi connectivity index (χ1v) is 13.4. The van der Waals surface area contributed by atoms with E-state index in [0.29, 0.717) is 6.07 Å². The largest absolute Gasteiger partial charge is 0.496 e. The van der Waals surface area contributed by atoms with Gasteiger partial charge in [-0.25, -0.2) is 4.98 Å². The molecule has 3 aromatic rings. The van der Waals surface area contributed by atoms with Gasteiger partial charge in [-0.1, -0.05) is 6.07 Å². The Morgan fingerprint density at radius 1 is 1.02 bits per heavy atom. The van der Waals surface area contributed by atoms with Crippen molar-refractivity contribution >= 4 is 34.5 Å². The van der Waals surface area contributed by atoms with Crippen molar-refractivity contribution in [2.24, 2.45) is 11.7 Å². The Kier molecular flexibility index (Phi) is 9.46. The first-order valence-electron chi connectivity index (χ1n) is 13.4. The normalized spacial score (nSPS) is 18.4. The molecule has 1 atom stereocenters. The van der Waals surface area contributed by atoms with Crippen molar-refractivity contribution < 1.29 is 53.8 Å². The average molecular weight is 655 g/mol. The molecule has 0 radical (unpaired) electrons. The van der Waals surface area contributed by atoms with Gasteiger partial charge in [0.1, 0.15) is 5.75 Å². The highest BCUT2D eigenvalue weighted by molar-refractivity contribution is 6.01. The zero-order valence-corrected chi connectivity index (χ0v) is 23.3. The number of hydrogen-bond donors (Lipinski definition) is 5. The summed E-state index contributed by atoms with van der Waals surface area (Å²) in [6.07, 6.45) is -14.2. The summed E-state index contributed by atoms with van der Waals surface area (Å²) >= 11 is 0. The zero-order valence-electron chi connectivity index (χ0n) is 23.3. The highest BCUT2D eigenvalue weighted by Gasteiger charge is 2.43. The summed E-state index contributed by atoms with van der Waals surface area (Å²) in [4.78, 5) is 31.7. The first-order chi connectivity index (χ1) is 20.9. The van der Waals surface area contributed by atoms with Crippen LogP contribution in [0.5, 0.6) is 5.75 Å². The number of nitrogens with two attached hydrogens (primary N) is 1. The number of aromatic nitrogens is 2. The fourth-order valence-corrected chi connectivity index (χ4v) is 4.90. The van der Waals surface area contributed by atoms with Gasteiger partial charge in [0.25, 0.3) is 5.91 Å². The Hall–Kier alpha value is -4.22. The fraction of sp³-hybridized carbons (Fsp3) is 0.444. The van der Waals surface area contributed by atoms with Crippen LogP contribution >= 0.6 is 0 Å². The topological polar surface area (TPSA) is 134 Å². The molecule has 0 aliphatic heterocycles. The lowest BCUT2D eigenvalue weighted by molar-refractivity contribution is -0.182. The highest BCUT2D eigenvalue weighted by atomic mass is 19.4. The first kappa shape index (κ1) is 33.7. The number of carbonyl (C=O) groups is 2. The molecule has 4 rings (SSSR count). The molecule has 2 amide bonds. The standard InChI is InChI=1S/C27H27F9N6O3/c1-45-20-10-19-18(9-15(20)22(43)39-14-5-3-13(4-6-14)25(28,29)30)41-24(42-19)40-17-8-12(2-7-16(17)26(31,32)33)11-38-23(44)21(37)27(34,35)36/h2,7-10,13-14,21H,3-6,11,37H2,1H3,(H,38,44)(H,39,43)(H2,40,41,42)/t13-,14-,21?. The van der Waals surface area contributed by atoms with Crippen molar-refractivity contribution in [3.63, 3.8) is 0 Å². The van der Waals surface area contributed by atoms with E-state index >= 15 is 0 Å². The summed E-state index contributed by atoms with van der Waals surface area (Å²) < 4.78 is 124. The van der Waals surface area contributed by atoms with Crippen LogP contribution < -0.4 is 26.4 Å². The number of benzene rings is 2. The number of rotatable bonds is 8. The Labute approximate surface area is 249 Å². The number of fused-ring (bicyclic) bond motifs is 1. The predicted octanol–water partition coefficient (Wildman–Crippen LogP) is 5.69. The van der Waals surface area contributed by atoms with Crippen LogP contribution in [0.15, 0.2) is 30.3 Å². The van der Waals surface area contributed by atoms with Crippen molar-refractivity contribution in [1.29, 1.82) is 0 Å². The third-order valence-corrected chi connectivity index (χ3v) is 7.32. The summed E-state index contributed by atoms with van der Waals surface area (Å²) in [5, 5.41) is 7.09. The molecule has 1 aliphatic rings. The summed E-state index contributed by atoms with van der Waals surface area (Å²) in [7, 11) is 1.27. The predicted molar refractivity (Wildman–Crippen MR) is 143 cm³/mol. The fourth-order valence-electron chi connectivity index (χ4n) is 4.90. The molecule has 18 heteroatoms. The smallest absolute Gasteiger partial charge is 0.418 e. The molecule has 0 spiro atoms. The number of methoxy groups -OCH3 is 1. The molecule has 2 aromatic carbocycles. The number of ether oxygens (including phenoxy) is 1. The van der Waals surface area contributed by atoms with Gasteiger partial charge in [0.2, 0.25) is 11.9 Å². The van der Waals surface area contributed by atoms with Crippen molar-refractivity contribution in [3.05, 3.63) is 47.0 Å². The van der Waals surface area contributed by atoms with Crippen molar-refractivity contribution in [2.75, 3.05) is 12.4 Å². The number of nitrogens with one attached hydrogen (secondary N) is 4. The number of alkyl halides is 9. The molecule has 0 saturated heterocycles. The second-order valence-corrected chi connectivity index (χ2v) is 10.5. The number of imidazole rings is 1. The number of amides is 2. The molecular formula is C27H27F9N6O3. The molecular weight excluding hydrogens is 627 g/mol. The van der Waals surface area contributed by atoms with Crippen molar-refractivity contribution in [1.82, 2.24) is 20.6 Å². The number of anilines is 2. The SMILES string of the molecule is COc1cc2[nH]c(Nc3cc(CNC(=O)C(N)C(F)(F)F)ccc3C(F)(F)F)nc2cc1C(=O)N[C@H]1CC[C@H](C(F)(F)F)CC1. The summed E-state index contributed by atoms with van der Waals surface area (Å²) in [5.74, 6) is -3.79. The molecule has 1 unspecified atom stereocenters. The monoisotopic (exact) mass is 654 g/mol. The molecule has 1 fully saturated rings. The van der Waals surface area contributed by atoms with Gasteiger partial charge in [-0.05, 0) is 49.4 Å². The van der Waals surface area contributed by atoms with Gasteiger partial charge in [0.05, 0.1) is 40.9 Å². The number of nitrogens with zero attached hydrogens (tertiary/aromatic N) is 1. The van der Waals surface area contributed by atoms with E-state index in [0.717, 1.165) is 12.1 Å². The number of hydrogen-bond acceptors (Lipinski definition) is 6. The average Bonchev–Trinajstić information content (AvgIpc) is 3.34. The van der Waals surface area contributed by atoms with E-state index in [1.807, 2.05) is 5.32 Å². The molecule has 9 nitrogen and oxygen atoms in total. The van der Waals surface area contributed by atoms with E-state index in [-0.39, 0.29) is 59.5 Å². The lowest BCUT2D eigenvalue weighted by Gasteiger charge is -2.30. The van der Waals surface area contributed by atoms with Crippen LogP contribution in [0.3, 0.4) is 0 Å². The summed E-state index contributed by atoms with van der Waals surface area (Å²) in [6, 6.07) is 1.93. The van der Waals surface area contributed by atoms with Gasteiger partial charge in [-0.2, -0.15) is 39.5 Å². The lowest BCUT2D eigenvalue weighted by atomic mass is 9.85. The van der Waals surface area contributed by atoms with Crippen LogP contribution in [0, 0.1) is 5.92 Å². The summed E-state index contributed by atoms with van der Waals surface area (Å²) in [5.41, 5.74) is 3.52. The number of aromatic amines is 1. The van der Waals surface area contributed by atoms with Gasteiger partial charge in [0.15, 0.2) is 6.04 Å². The maximum Gasteiger partial charge on any atom is 0.418 e. The minimum Gasteiger partial charge on any atom is -0.496 e. The van der Waals surface area contributed by atoms with E-state index in [9.17, 15) is 49.1 Å². The van der Waals surface area contributed by atoms with Crippen LogP contribution in [0.1, 0.15) is 47.2 Å². The van der Waals surface area contributed by atoms with Crippen molar-refractivity contribution in [3.8, 4) is 5.75 Å². The van der Waals surface area contributed by atoms with Crippen LogP contribution in [-0.4, -0.2) is 53.3 Å². The maximum absolute atomic E-state index is 13.8. The third-order valence-electron chi connectivity index (χ3n) is 7.32. The molecule has 0 bridgehead atoms. The number of carbonyl (C=O) groups excluding carboxylic acids is 2. The maximum atomic E-state index is 13.8. The van der Waals surface area contributed by atoms with E-state index in [4.69, 9.17) is 10.5 Å². The molecule has 1 aromatic heterocycles. The van der Waals surface area contributed by atoms with E-state index in [2.05, 4.69) is 20.6 Å². The van der Waals surface area contributed by atoms with Crippen LogP contribution in [0.25, 0.3) is 11.0 Å². The summed E-state index contributed by atoms with van der Waals surface area (Å²) in [6.45, 7) is -0.566. The molecule has 246 valence electrons. The molecule has 45 heavy (non-hydrogen) atoms. The van der Waals surface area contributed by atoms with E-state index < -0.39 is 66.1 Å². The minimum atomic E-state index is -5.02. The van der Waals surface area contributed by atoms with E-state index in [1.54, 1.807) is 0 Å². The zero-order chi connectivity index (χ0) is 33.3. The molecule has 6 N–H and O–H groups in total. The van der Waals surface area contributed by atoms with Gasteiger partial charge < -0.3 is 31.4 Å². The Bertz CT molecular complexity index is 1540. The van der Waals surface area contributed by atoms with Crippen LogP contribution in [0.2, 0.25) is 0 Å². The Balaban J connectivity index is 1.54. The van der Waals surface area contributed by atoms with Gasteiger partial charge in [0, 0.05) is 18.7 Å². The third kappa shape index (κ3) is 8.09. The van der Waals surface area contributed by atoms with Gasteiger partial charge in [-0.15, -0.1) is 0 Å². The molecule has 1 aliphatic carbocycles. The van der Waals surface area contributed by atoms with Gasteiger partial charge in [-0.3, -0.25) is 9.59 Å². The highest BCUT2D eigenvalue weighted by Crippen LogP contribution is 2.39. The minimum absolute atomic E-state index is 0.00761. The lowest BCUT2D eigenvalue weighted by Crippen LogP contribution is -2.49. The quantitative estimate of drug-likeness (QED) is 0.198. The Morgan fingerprint density at radius 2 is 1.69 bits per heavy atom. The van der Waals surface area contributed by atoms with E-state index in [1.165, 1.54) is 19.2 Å².